The third-order valence-electron chi connectivity index (χ3n) is 1.90. The summed E-state index contributed by atoms with van der Waals surface area (Å²) in [7, 11) is 1.45. The molecule has 0 spiro atoms. The Balaban J connectivity index is 3.14. The van der Waals surface area contributed by atoms with Gasteiger partial charge in [0.25, 0.3) is 5.69 Å². The molecule has 1 aromatic rings. The molecule has 1 aromatic carbocycles. The van der Waals surface area contributed by atoms with Gasteiger partial charge < -0.3 is 5.21 Å². The van der Waals surface area contributed by atoms with Gasteiger partial charge in [-0.1, -0.05) is 18.2 Å². The van der Waals surface area contributed by atoms with Crippen molar-refractivity contribution in [1.29, 1.82) is 0 Å². The number of benzene rings is 1. The zero-order valence-electron chi connectivity index (χ0n) is 8.10. The minimum absolute atomic E-state index is 0.0772. The van der Waals surface area contributed by atoms with Crippen LogP contribution < -0.4 is 0 Å². The molecule has 1 rings (SSSR count). The summed E-state index contributed by atoms with van der Waals surface area (Å²) in [5.41, 5.74) is 1.20. The molecule has 0 saturated carbocycles. The summed E-state index contributed by atoms with van der Waals surface area (Å²) in [5.74, 6) is 0. The molecule has 0 amide bonds. The lowest BCUT2D eigenvalue weighted by atomic mass is 10.1. The van der Waals surface area contributed by atoms with E-state index >= 15 is 0 Å². The highest BCUT2D eigenvalue weighted by Crippen LogP contribution is 2.23. The third-order valence-corrected chi connectivity index (χ3v) is 1.90. The third kappa shape index (κ3) is 2.27. The second-order valence-corrected chi connectivity index (χ2v) is 3.16. The van der Waals surface area contributed by atoms with Crippen LogP contribution in [0.3, 0.4) is 0 Å². The Bertz CT molecular complexity index is 350. The van der Waals surface area contributed by atoms with Crippen molar-refractivity contribution in [3.63, 3.8) is 0 Å². The van der Waals surface area contributed by atoms with Crippen molar-refractivity contribution >= 4 is 5.69 Å². The van der Waals surface area contributed by atoms with Crippen molar-refractivity contribution in [2.45, 2.75) is 13.5 Å². The number of hydroxylamine groups is 2. The molecular formula is C9H12N2O3. The van der Waals surface area contributed by atoms with Gasteiger partial charge in [-0.25, -0.2) is 0 Å². The molecule has 1 N–H and O–H groups in total. The van der Waals surface area contributed by atoms with Crippen molar-refractivity contribution < 1.29 is 10.1 Å². The molecule has 0 aliphatic carbocycles. The fourth-order valence-electron chi connectivity index (χ4n) is 1.36. The summed E-state index contributed by atoms with van der Waals surface area (Å²) < 4.78 is 0. The van der Waals surface area contributed by atoms with E-state index in [9.17, 15) is 10.1 Å². The summed E-state index contributed by atoms with van der Waals surface area (Å²) >= 11 is 0. The molecule has 0 aromatic heterocycles. The minimum Gasteiger partial charge on any atom is -0.314 e. The van der Waals surface area contributed by atoms with E-state index in [-0.39, 0.29) is 12.2 Å². The van der Waals surface area contributed by atoms with E-state index in [4.69, 9.17) is 5.21 Å². The fourth-order valence-corrected chi connectivity index (χ4v) is 1.36. The van der Waals surface area contributed by atoms with Crippen molar-refractivity contribution in [3.05, 3.63) is 39.4 Å². The van der Waals surface area contributed by atoms with Crippen LogP contribution in [0.2, 0.25) is 0 Å². The van der Waals surface area contributed by atoms with Crippen molar-refractivity contribution in [2.75, 3.05) is 7.05 Å². The topological polar surface area (TPSA) is 66.6 Å². The van der Waals surface area contributed by atoms with Crippen LogP contribution in [0.25, 0.3) is 0 Å². The summed E-state index contributed by atoms with van der Waals surface area (Å²) in [4.78, 5) is 10.3. The molecular weight excluding hydrogens is 184 g/mol. The largest absolute Gasteiger partial charge is 0.314 e. The summed E-state index contributed by atoms with van der Waals surface area (Å²) in [6, 6.07) is 5.05. The minimum atomic E-state index is -0.422. The average molecular weight is 196 g/mol. The molecule has 0 aliphatic heterocycles. The number of rotatable bonds is 3. The van der Waals surface area contributed by atoms with E-state index in [1.165, 1.54) is 7.05 Å². The first kappa shape index (κ1) is 10.6. The number of nitrogens with zero attached hydrogens (tertiary/aromatic N) is 2. The van der Waals surface area contributed by atoms with Crippen LogP contribution in [0.15, 0.2) is 18.2 Å². The lowest BCUT2D eigenvalue weighted by molar-refractivity contribution is -0.386. The molecule has 5 nitrogen and oxygen atoms in total. The summed E-state index contributed by atoms with van der Waals surface area (Å²) in [6.07, 6.45) is 0. The molecule has 0 aliphatic rings. The van der Waals surface area contributed by atoms with Crippen molar-refractivity contribution in [1.82, 2.24) is 5.06 Å². The van der Waals surface area contributed by atoms with Crippen LogP contribution in [0.4, 0.5) is 5.69 Å². The maximum absolute atomic E-state index is 10.7. The van der Waals surface area contributed by atoms with Crippen LogP contribution >= 0.6 is 0 Å². The van der Waals surface area contributed by atoms with Gasteiger partial charge in [-0.15, -0.1) is 0 Å². The number of aryl methyl sites for hydroxylation is 1. The number of nitro groups is 1. The Morgan fingerprint density at radius 3 is 2.71 bits per heavy atom. The number of hydrogen-bond donors (Lipinski definition) is 1. The monoisotopic (exact) mass is 196 g/mol. The first-order chi connectivity index (χ1) is 6.52. The number of para-hydroxylation sites is 1. The standard InChI is InChI=1S/C9H12N2O3/c1-7-4-3-5-8(6-10(2)12)9(7)11(13)14/h3-5,12H,6H2,1-2H3. The molecule has 0 fully saturated rings. The van der Waals surface area contributed by atoms with E-state index in [0.717, 1.165) is 5.06 Å². The summed E-state index contributed by atoms with van der Waals surface area (Å²) in [6.45, 7) is 1.83. The Hall–Kier alpha value is -1.46. The fraction of sp³-hybridized carbons (Fsp3) is 0.333. The van der Waals surface area contributed by atoms with E-state index in [1.807, 2.05) is 0 Å². The van der Waals surface area contributed by atoms with Gasteiger partial charge in [-0.2, -0.15) is 5.06 Å². The average Bonchev–Trinajstić information content (AvgIpc) is 2.01. The highest BCUT2D eigenvalue weighted by molar-refractivity contribution is 5.46. The maximum atomic E-state index is 10.7. The Labute approximate surface area is 81.7 Å². The number of hydrogen-bond acceptors (Lipinski definition) is 4. The molecule has 14 heavy (non-hydrogen) atoms. The maximum Gasteiger partial charge on any atom is 0.276 e. The molecule has 5 heteroatoms. The van der Waals surface area contributed by atoms with Crippen molar-refractivity contribution in [2.24, 2.45) is 0 Å². The number of nitro benzene ring substituents is 1. The van der Waals surface area contributed by atoms with Gasteiger partial charge in [-0.05, 0) is 6.92 Å². The van der Waals surface area contributed by atoms with Crippen molar-refractivity contribution in [3.8, 4) is 0 Å². The summed E-state index contributed by atoms with van der Waals surface area (Å²) in [5, 5.41) is 20.7. The molecule has 0 bridgehead atoms. The highest BCUT2D eigenvalue weighted by atomic mass is 16.6. The molecule has 0 unspecified atom stereocenters. The van der Waals surface area contributed by atoms with Crippen LogP contribution in [0.1, 0.15) is 11.1 Å². The van der Waals surface area contributed by atoms with Crippen LogP contribution in [0, 0.1) is 17.0 Å². The highest BCUT2D eigenvalue weighted by Gasteiger charge is 2.16. The van der Waals surface area contributed by atoms with Gasteiger partial charge in [0.05, 0.1) is 11.5 Å². The van der Waals surface area contributed by atoms with Crippen LogP contribution in [-0.4, -0.2) is 22.2 Å². The van der Waals surface area contributed by atoms with Gasteiger partial charge in [0.1, 0.15) is 0 Å². The first-order valence-electron chi connectivity index (χ1n) is 4.15. The van der Waals surface area contributed by atoms with E-state index in [2.05, 4.69) is 0 Å². The zero-order valence-corrected chi connectivity index (χ0v) is 8.10. The normalized spacial score (nSPS) is 10.6. The zero-order chi connectivity index (χ0) is 10.7. The van der Waals surface area contributed by atoms with Gasteiger partial charge >= 0.3 is 0 Å². The Kier molecular flexibility index (Phi) is 3.16. The first-order valence-corrected chi connectivity index (χ1v) is 4.15. The van der Waals surface area contributed by atoms with Gasteiger partial charge in [0.15, 0.2) is 0 Å². The van der Waals surface area contributed by atoms with E-state index < -0.39 is 4.92 Å². The molecule has 0 saturated heterocycles. The quantitative estimate of drug-likeness (QED) is 0.590. The molecule has 76 valence electrons. The molecule has 0 atom stereocenters. The second-order valence-electron chi connectivity index (χ2n) is 3.16. The van der Waals surface area contributed by atoms with Crippen LogP contribution in [-0.2, 0) is 6.54 Å². The molecule has 0 radical (unpaired) electrons. The van der Waals surface area contributed by atoms with Gasteiger partial charge in [0, 0.05) is 18.2 Å². The SMILES string of the molecule is Cc1cccc(CN(C)O)c1[N+](=O)[O-]. The van der Waals surface area contributed by atoms with Crippen LogP contribution in [0.5, 0.6) is 0 Å². The Morgan fingerprint density at radius 1 is 1.57 bits per heavy atom. The van der Waals surface area contributed by atoms with E-state index in [1.54, 1.807) is 25.1 Å². The lowest BCUT2D eigenvalue weighted by Gasteiger charge is -2.09. The lowest BCUT2D eigenvalue weighted by Crippen LogP contribution is -2.13. The predicted octanol–water partition coefficient (Wildman–Crippen LogP) is 1.72. The molecule has 0 heterocycles. The smallest absolute Gasteiger partial charge is 0.276 e. The van der Waals surface area contributed by atoms with E-state index in [0.29, 0.717) is 11.1 Å². The van der Waals surface area contributed by atoms with Gasteiger partial charge in [0.2, 0.25) is 0 Å². The second kappa shape index (κ2) is 4.17. The predicted molar refractivity (Wildman–Crippen MR) is 51.1 cm³/mol. The van der Waals surface area contributed by atoms with Gasteiger partial charge in [-0.3, -0.25) is 10.1 Å². The Morgan fingerprint density at radius 2 is 2.21 bits per heavy atom.